The fourth-order valence-electron chi connectivity index (χ4n) is 3.10. The van der Waals surface area contributed by atoms with Gasteiger partial charge in [-0.25, -0.2) is 9.78 Å². The van der Waals surface area contributed by atoms with Gasteiger partial charge in [0.25, 0.3) is 5.56 Å². The maximum absolute atomic E-state index is 13.2. The molecular formula is C23H23BrClN3O5. The van der Waals surface area contributed by atoms with Gasteiger partial charge < -0.3 is 14.6 Å². The smallest absolute Gasteiger partial charge is 0.341 e. The second kappa shape index (κ2) is 10.8. The Balaban J connectivity index is 2.10. The summed E-state index contributed by atoms with van der Waals surface area (Å²) in [6.45, 7) is 5.55. The Labute approximate surface area is 203 Å². The van der Waals surface area contributed by atoms with Gasteiger partial charge in [0.1, 0.15) is 5.82 Å². The number of halogens is 2. The molecule has 0 saturated carbocycles. The van der Waals surface area contributed by atoms with E-state index in [0.29, 0.717) is 28.9 Å². The second-order valence-electron chi connectivity index (χ2n) is 7.25. The van der Waals surface area contributed by atoms with E-state index >= 15 is 0 Å². The largest absolute Gasteiger partial charge is 0.490 e. The lowest BCUT2D eigenvalue weighted by atomic mass is 10.1. The van der Waals surface area contributed by atoms with Crippen LogP contribution in [0.5, 0.6) is 11.5 Å². The third-order valence-electron chi connectivity index (χ3n) is 4.88. The summed E-state index contributed by atoms with van der Waals surface area (Å²) in [5.41, 5.74) is 0.861. The highest BCUT2D eigenvalue weighted by molar-refractivity contribution is 9.10. The zero-order chi connectivity index (χ0) is 24.1. The van der Waals surface area contributed by atoms with Gasteiger partial charge in [-0.2, -0.15) is 9.78 Å². The molecule has 8 nitrogen and oxygen atoms in total. The van der Waals surface area contributed by atoms with Gasteiger partial charge in [-0.3, -0.25) is 4.79 Å². The maximum Gasteiger partial charge on any atom is 0.341 e. The third kappa shape index (κ3) is 5.72. The molecule has 2 aromatic carbocycles. The minimum atomic E-state index is -1.13. The van der Waals surface area contributed by atoms with E-state index in [1.807, 2.05) is 19.9 Å². The molecule has 1 atom stereocenters. The first-order valence-corrected chi connectivity index (χ1v) is 11.5. The Kier molecular flexibility index (Phi) is 8.10. The van der Waals surface area contributed by atoms with Gasteiger partial charge >= 0.3 is 5.97 Å². The summed E-state index contributed by atoms with van der Waals surface area (Å²) in [6, 6.07) is 8.54. The fourth-order valence-corrected chi connectivity index (χ4v) is 3.74. The number of rotatable bonds is 9. The molecule has 0 saturated heterocycles. The monoisotopic (exact) mass is 535 g/mol. The predicted molar refractivity (Wildman–Crippen MR) is 131 cm³/mol. The second-order valence-corrected chi connectivity index (χ2v) is 8.57. The summed E-state index contributed by atoms with van der Waals surface area (Å²) in [4.78, 5) is 28.8. The number of ether oxygens (including phenoxy) is 2. The van der Waals surface area contributed by atoms with Crippen molar-refractivity contribution in [3.63, 3.8) is 0 Å². The van der Waals surface area contributed by atoms with Crippen LogP contribution in [0, 0.1) is 0 Å². The Morgan fingerprint density at radius 1 is 1.30 bits per heavy atom. The van der Waals surface area contributed by atoms with Crippen LogP contribution in [0.3, 0.4) is 0 Å². The number of benzene rings is 2. The van der Waals surface area contributed by atoms with Crippen LogP contribution in [0.4, 0.5) is 0 Å². The van der Waals surface area contributed by atoms with Crippen molar-refractivity contribution in [2.24, 2.45) is 5.10 Å². The van der Waals surface area contributed by atoms with Gasteiger partial charge in [0.05, 0.1) is 28.7 Å². The van der Waals surface area contributed by atoms with Crippen LogP contribution in [0.25, 0.3) is 10.9 Å². The minimum Gasteiger partial charge on any atom is -0.490 e. The molecule has 0 aliphatic carbocycles. The van der Waals surface area contributed by atoms with Crippen LogP contribution in [-0.4, -0.2) is 40.2 Å². The van der Waals surface area contributed by atoms with Crippen molar-refractivity contribution in [1.29, 1.82) is 0 Å². The van der Waals surface area contributed by atoms with Crippen LogP contribution in [0.15, 0.2) is 44.7 Å². The molecule has 10 heteroatoms. The lowest BCUT2D eigenvalue weighted by Crippen LogP contribution is -2.23. The highest BCUT2D eigenvalue weighted by atomic mass is 79.9. The SMILES string of the molecule is CCOc1cc(C=Nn2c([C@H](C)CC)nc3ccc(Br)cc3c2=O)cc(Cl)c1OCC(=O)O. The molecular weight excluding hydrogens is 514 g/mol. The van der Waals surface area contributed by atoms with Crippen LogP contribution < -0.4 is 15.0 Å². The number of carboxylic acids is 1. The van der Waals surface area contributed by atoms with Crippen molar-refractivity contribution in [1.82, 2.24) is 9.66 Å². The van der Waals surface area contributed by atoms with Crippen molar-refractivity contribution in [3.05, 3.63) is 61.6 Å². The Bertz CT molecular complexity index is 1280. The van der Waals surface area contributed by atoms with E-state index in [0.717, 1.165) is 10.9 Å². The molecule has 3 rings (SSSR count). The minimum absolute atomic E-state index is 0.00253. The van der Waals surface area contributed by atoms with Crippen molar-refractivity contribution >= 4 is 50.6 Å². The fraction of sp³-hybridized carbons (Fsp3) is 0.304. The first-order valence-electron chi connectivity index (χ1n) is 10.3. The van der Waals surface area contributed by atoms with E-state index in [1.165, 1.54) is 10.9 Å². The van der Waals surface area contributed by atoms with Gasteiger partial charge in [-0.05, 0) is 49.2 Å². The average Bonchev–Trinajstić information content (AvgIpc) is 2.77. The first-order chi connectivity index (χ1) is 15.7. The Morgan fingerprint density at radius 3 is 2.73 bits per heavy atom. The van der Waals surface area contributed by atoms with E-state index in [1.54, 1.807) is 31.2 Å². The van der Waals surface area contributed by atoms with Gasteiger partial charge in [-0.1, -0.05) is 41.4 Å². The summed E-state index contributed by atoms with van der Waals surface area (Å²) in [7, 11) is 0. The number of aliphatic carboxylic acids is 1. The molecule has 0 fully saturated rings. The van der Waals surface area contributed by atoms with Crippen LogP contribution in [-0.2, 0) is 4.79 Å². The van der Waals surface area contributed by atoms with Gasteiger partial charge in [0, 0.05) is 10.4 Å². The quantitative estimate of drug-likeness (QED) is 0.383. The molecule has 0 unspecified atom stereocenters. The Hall–Kier alpha value is -2.91. The number of hydrogen-bond donors (Lipinski definition) is 1. The lowest BCUT2D eigenvalue weighted by Gasteiger charge is -2.15. The normalized spacial score (nSPS) is 12.3. The summed E-state index contributed by atoms with van der Waals surface area (Å²) in [5.74, 6) is -0.176. The molecule has 1 N–H and O–H groups in total. The van der Waals surface area contributed by atoms with E-state index in [-0.39, 0.29) is 28.0 Å². The van der Waals surface area contributed by atoms with Crippen LogP contribution in [0.2, 0.25) is 5.02 Å². The number of carbonyl (C=O) groups is 1. The zero-order valence-electron chi connectivity index (χ0n) is 18.3. The summed E-state index contributed by atoms with van der Waals surface area (Å²) < 4.78 is 12.9. The predicted octanol–water partition coefficient (Wildman–Crippen LogP) is 5.07. The van der Waals surface area contributed by atoms with Gasteiger partial charge in [0.2, 0.25) is 0 Å². The van der Waals surface area contributed by atoms with Crippen molar-refractivity contribution in [2.75, 3.05) is 13.2 Å². The molecule has 1 heterocycles. The maximum atomic E-state index is 13.2. The van der Waals surface area contributed by atoms with Crippen LogP contribution >= 0.6 is 27.5 Å². The highest BCUT2D eigenvalue weighted by Crippen LogP contribution is 2.36. The summed E-state index contributed by atoms with van der Waals surface area (Å²) in [6.07, 6.45) is 2.26. The molecule has 3 aromatic rings. The van der Waals surface area contributed by atoms with Crippen molar-refractivity contribution < 1.29 is 19.4 Å². The molecule has 0 aliphatic heterocycles. The molecule has 33 heavy (non-hydrogen) atoms. The number of hydrogen-bond acceptors (Lipinski definition) is 6. The summed E-state index contributed by atoms with van der Waals surface area (Å²) in [5, 5.41) is 13.9. The molecule has 0 radical (unpaired) electrons. The Morgan fingerprint density at radius 2 is 2.06 bits per heavy atom. The third-order valence-corrected chi connectivity index (χ3v) is 5.65. The molecule has 174 valence electrons. The van der Waals surface area contributed by atoms with Crippen molar-refractivity contribution in [3.8, 4) is 11.5 Å². The number of nitrogens with zero attached hydrogens (tertiary/aromatic N) is 3. The van der Waals surface area contributed by atoms with Crippen molar-refractivity contribution in [2.45, 2.75) is 33.1 Å². The average molecular weight is 537 g/mol. The first kappa shape index (κ1) is 24.7. The van der Waals surface area contributed by atoms with Gasteiger partial charge in [-0.15, -0.1) is 0 Å². The molecule has 1 aromatic heterocycles. The van der Waals surface area contributed by atoms with Crippen LogP contribution in [0.1, 0.15) is 44.5 Å². The van der Waals surface area contributed by atoms with Gasteiger partial charge in [0.15, 0.2) is 18.1 Å². The number of carboxylic acid groups (broad SMARTS) is 1. The number of fused-ring (bicyclic) bond motifs is 1. The lowest BCUT2D eigenvalue weighted by molar-refractivity contribution is -0.139. The van der Waals surface area contributed by atoms with E-state index in [2.05, 4.69) is 26.0 Å². The summed E-state index contributed by atoms with van der Waals surface area (Å²) >= 11 is 9.72. The molecule has 0 spiro atoms. The van der Waals surface area contributed by atoms with E-state index < -0.39 is 12.6 Å². The van der Waals surface area contributed by atoms with E-state index in [9.17, 15) is 9.59 Å². The molecule has 0 amide bonds. The highest BCUT2D eigenvalue weighted by Gasteiger charge is 2.17. The number of aromatic nitrogens is 2. The zero-order valence-corrected chi connectivity index (χ0v) is 20.7. The topological polar surface area (TPSA) is 103 Å². The van der Waals surface area contributed by atoms with E-state index in [4.69, 9.17) is 26.2 Å². The molecule has 0 bridgehead atoms. The standard InChI is InChI=1S/C23H23BrClN3O5/c1-4-13(3)22-27-18-7-6-15(24)10-16(18)23(31)28(22)26-11-14-8-17(25)21(33-12-20(29)30)19(9-14)32-5-2/h6-11,13H,4-5,12H2,1-3H3,(H,29,30)/t13-/m1/s1. The molecule has 0 aliphatic rings.